The fourth-order valence-electron chi connectivity index (χ4n) is 1.18. The Labute approximate surface area is 95.9 Å². The minimum Gasteiger partial charge on any atom is -0.329 e. The Morgan fingerprint density at radius 3 is 2.80 bits per heavy atom. The van der Waals surface area contributed by atoms with E-state index in [-0.39, 0.29) is 5.69 Å². The predicted molar refractivity (Wildman–Crippen MR) is 61.6 cm³/mol. The second-order valence-corrected chi connectivity index (χ2v) is 3.96. The van der Waals surface area contributed by atoms with Gasteiger partial charge in [0.05, 0.1) is 4.92 Å². The van der Waals surface area contributed by atoms with E-state index in [1.807, 2.05) is 6.07 Å². The lowest BCUT2D eigenvalue weighted by molar-refractivity contribution is -0.385. The van der Waals surface area contributed by atoms with Crippen LogP contribution in [0.3, 0.4) is 0 Å². The van der Waals surface area contributed by atoms with Crippen LogP contribution in [0, 0.1) is 10.1 Å². The highest BCUT2D eigenvalue weighted by Crippen LogP contribution is 2.21. The van der Waals surface area contributed by atoms with Gasteiger partial charge >= 0.3 is 0 Å². The average molecular weight is 274 g/mol. The van der Waals surface area contributed by atoms with Crippen molar-refractivity contribution in [1.82, 2.24) is 5.32 Å². The number of hydrogen-bond donors (Lipinski definition) is 2. The van der Waals surface area contributed by atoms with Crippen molar-refractivity contribution in [2.75, 3.05) is 13.1 Å². The highest BCUT2D eigenvalue weighted by atomic mass is 79.9. The van der Waals surface area contributed by atoms with Gasteiger partial charge in [-0.2, -0.15) is 0 Å². The van der Waals surface area contributed by atoms with Crippen LogP contribution in [0.2, 0.25) is 0 Å². The van der Waals surface area contributed by atoms with Gasteiger partial charge in [-0.3, -0.25) is 10.1 Å². The number of rotatable bonds is 5. The normalized spacial score (nSPS) is 10.3. The summed E-state index contributed by atoms with van der Waals surface area (Å²) in [6.07, 6.45) is 0. The number of nitro benzene ring substituents is 1. The summed E-state index contributed by atoms with van der Waals surface area (Å²) >= 11 is 3.23. The van der Waals surface area contributed by atoms with E-state index in [0.29, 0.717) is 24.1 Å². The van der Waals surface area contributed by atoms with Gasteiger partial charge < -0.3 is 11.1 Å². The molecule has 0 aliphatic rings. The number of halogens is 1. The minimum absolute atomic E-state index is 0.0916. The number of nitrogens with one attached hydrogen (secondary N) is 1. The standard InChI is InChI=1S/C9H12BrN3O2/c10-8-3-7(6-12-2-1-11)4-9(5-8)13(14)15/h3-5,12H,1-2,6,11H2. The third-order valence-corrected chi connectivity index (χ3v) is 2.26. The van der Waals surface area contributed by atoms with Gasteiger partial charge in [-0.05, 0) is 11.6 Å². The Balaban J connectivity index is 2.75. The lowest BCUT2D eigenvalue weighted by Gasteiger charge is -2.03. The first-order valence-corrected chi connectivity index (χ1v) is 5.27. The zero-order valence-electron chi connectivity index (χ0n) is 8.07. The van der Waals surface area contributed by atoms with Crippen LogP contribution in [-0.4, -0.2) is 18.0 Å². The van der Waals surface area contributed by atoms with Crippen molar-refractivity contribution in [3.63, 3.8) is 0 Å². The summed E-state index contributed by atoms with van der Waals surface area (Å²) in [5, 5.41) is 13.7. The van der Waals surface area contributed by atoms with Gasteiger partial charge in [-0.1, -0.05) is 15.9 Å². The Bertz CT molecular complexity index is 357. The third kappa shape index (κ3) is 3.94. The second kappa shape index (κ2) is 5.79. The number of hydrogen-bond acceptors (Lipinski definition) is 4. The van der Waals surface area contributed by atoms with Gasteiger partial charge in [-0.25, -0.2) is 0 Å². The molecule has 0 heterocycles. The summed E-state index contributed by atoms with van der Waals surface area (Å²) < 4.78 is 0.709. The van der Waals surface area contributed by atoms with Crippen molar-refractivity contribution in [1.29, 1.82) is 0 Å². The summed E-state index contributed by atoms with van der Waals surface area (Å²) in [6, 6.07) is 4.87. The maximum absolute atomic E-state index is 10.6. The van der Waals surface area contributed by atoms with Gasteiger partial charge in [0.1, 0.15) is 0 Å². The molecular formula is C9H12BrN3O2. The predicted octanol–water partition coefficient (Wildman–Crippen LogP) is 1.41. The molecule has 0 aromatic heterocycles. The van der Waals surface area contributed by atoms with Crippen molar-refractivity contribution < 1.29 is 4.92 Å². The first kappa shape index (κ1) is 12.1. The van der Waals surface area contributed by atoms with Crippen LogP contribution in [-0.2, 0) is 6.54 Å². The maximum Gasteiger partial charge on any atom is 0.270 e. The largest absolute Gasteiger partial charge is 0.329 e. The second-order valence-electron chi connectivity index (χ2n) is 3.04. The zero-order valence-corrected chi connectivity index (χ0v) is 9.66. The van der Waals surface area contributed by atoms with E-state index < -0.39 is 4.92 Å². The zero-order chi connectivity index (χ0) is 11.3. The molecule has 0 spiro atoms. The minimum atomic E-state index is -0.406. The molecule has 6 heteroatoms. The van der Waals surface area contributed by atoms with Gasteiger partial charge in [-0.15, -0.1) is 0 Å². The van der Waals surface area contributed by atoms with Crippen LogP contribution in [0.25, 0.3) is 0 Å². The summed E-state index contributed by atoms with van der Waals surface area (Å²) in [5.41, 5.74) is 6.28. The molecule has 5 nitrogen and oxygen atoms in total. The molecule has 1 rings (SSSR count). The van der Waals surface area contributed by atoms with Crippen LogP contribution in [0.1, 0.15) is 5.56 Å². The molecule has 0 saturated heterocycles. The van der Waals surface area contributed by atoms with E-state index in [2.05, 4.69) is 21.2 Å². The smallest absolute Gasteiger partial charge is 0.270 e. The topological polar surface area (TPSA) is 81.2 Å². The molecule has 0 saturated carbocycles. The highest BCUT2D eigenvalue weighted by molar-refractivity contribution is 9.10. The van der Waals surface area contributed by atoms with Crippen LogP contribution >= 0.6 is 15.9 Å². The Hall–Kier alpha value is -0.980. The lowest BCUT2D eigenvalue weighted by atomic mass is 10.2. The van der Waals surface area contributed by atoms with Gasteiger partial charge in [0, 0.05) is 36.2 Å². The molecule has 0 radical (unpaired) electrons. The van der Waals surface area contributed by atoms with Crippen LogP contribution in [0.4, 0.5) is 5.69 Å². The van der Waals surface area contributed by atoms with Crippen LogP contribution in [0.15, 0.2) is 22.7 Å². The molecule has 1 aromatic rings. The number of benzene rings is 1. The third-order valence-electron chi connectivity index (χ3n) is 1.80. The fraction of sp³-hybridized carbons (Fsp3) is 0.333. The first-order chi connectivity index (χ1) is 7.13. The average Bonchev–Trinajstić information content (AvgIpc) is 2.17. The first-order valence-electron chi connectivity index (χ1n) is 4.48. The Morgan fingerprint density at radius 1 is 1.47 bits per heavy atom. The highest BCUT2D eigenvalue weighted by Gasteiger charge is 2.07. The lowest BCUT2D eigenvalue weighted by Crippen LogP contribution is -2.21. The van der Waals surface area contributed by atoms with E-state index in [1.54, 1.807) is 6.07 Å². The quantitative estimate of drug-likeness (QED) is 0.483. The van der Waals surface area contributed by atoms with E-state index in [1.165, 1.54) is 6.07 Å². The summed E-state index contributed by atoms with van der Waals surface area (Å²) in [7, 11) is 0. The number of nitrogens with two attached hydrogens (primary N) is 1. The molecule has 1 aromatic carbocycles. The molecule has 0 bridgehead atoms. The van der Waals surface area contributed by atoms with E-state index in [0.717, 1.165) is 5.56 Å². The molecule has 0 fully saturated rings. The number of non-ortho nitro benzene ring substituents is 1. The molecule has 0 atom stereocenters. The molecule has 0 amide bonds. The van der Waals surface area contributed by atoms with Crippen LogP contribution in [0.5, 0.6) is 0 Å². The van der Waals surface area contributed by atoms with Gasteiger partial charge in [0.25, 0.3) is 5.69 Å². The molecular weight excluding hydrogens is 262 g/mol. The van der Waals surface area contributed by atoms with E-state index in [4.69, 9.17) is 5.73 Å². The van der Waals surface area contributed by atoms with E-state index in [9.17, 15) is 10.1 Å². The van der Waals surface area contributed by atoms with E-state index >= 15 is 0 Å². The Morgan fingerprint density at radius 2 is 2.20 bits per heavy atom. The maximum atomic E-state index is 10.6. The number of nitrogens with zero attached hydrogens (tertiary/aromatic N) is 1. The monoisotopic (exact) mass is 273 g/mol. The molecule has 82 valence electrons. The molecule has 0 unspecified atom stereocenters. The van der Waals surface area contributed by atoms with Gasteiger partial charge in [0.15, 0.2) is 0 Å². The van der Waals surface area contributed by atoms with Crippen molar-refractivity contribution in [2.45, 2.75) is 6.54 Å². The summed E-state index contributed by atoms with van der Waals surface area (Å²) in [6.45, 7) is 1.83. The SMILES string of the molecule is NCCNCc1cc(Br)cc([N+](=O)[O-])c1. The fourth-order valence-corrected chi connectivity index (χ4v) is 1.70. The van der Waals surface area contributed by atoms with Crippen molar-refractivity contribution in [2.24, 2.45) is 5.73 Å². The molecule has 0 aliphatic carbocycles. The molecule has 3 N–H and O–H groups in total. The Kier molecular flexibility index (Phi) is 4.67. The summed E-state index contributed by atoms with van der Waals surface area (Å²) in [4.78, 5) is 10.2. The number of nitro groups is 1. The van der Waals surface area contributed by atoms with Crippen LogP contribution < -0.4 is 11.1 Å². The van der Waals surface area contributed by atoms with Crippen molar-refractivity contribution in [3.8, 4) is 0 Å². The van der Waals surface area contributed by atoms with Crippen molar-refractivity contribution in [3.05, 3.63) is 38.3 Å². The molecule has 0 aliphatic heterocycles. The molecule has 15 heavy (non-hydrogen) atoms. The van der Waals surface area contributed by atoms with Gasteiger partial charge in [0.2, 0.25) is 0 Å². The summed E-state index contributed by atoms with van der Waals surface area (Å²) in [5.74, 6) is 0. The van der Waals surface area contributed by atoms with Crippen molar-refractivity contribution >= 4 is 21.6 Å².